The van der Waals surface area contributed by atoms with Crippen molar-refractivity contribution in [3.63, 3.8) is 0 Å². The predicted octanol–water partition coefficient (Wildman–Crippen LogP) is 2.33. The van der Waals surface area contributed by atoms with Gasteiger partial charge in [0.15, 0.2) is 4.67 Å². The molecule has 2 aromatic rings. The molecule has 0 radical (unpaired) electrons. The van der Waals surface area contributed by atoms with Crippen LogP contribution in [0.1, 0.15) is 5.76 Å². The lowest BCUT2D eigenvalue weighted by Crippen LogP contribution is -2.26. The first kappa shape index (κ1) is 14.1. The van der Waals surface area contributed by atoms with Crippen molar-refractivity contribution in [2.24, 2.45) is 5.73 Å². The van der Waals surface area contributed by atoms with Crippen molar-refractivity contribution in [3.05, 3.63) is 46.8 Å². The molecule has 0 saturated heterocycles. The molecule has 0 unspecified atom stereocenters. The Kier molecular flexibility index (Phi) is 3.98. The summed E-state index contributed by atoms with van der Waals surface area (Å²) in [5.74, 6) is 0.409. The van der Waals surface area contributed by atoms with Crippen molar-refractivity contribution in [2.45, 2.75) is 11.4 Å². The fraction of sp³-hybridized carbons (Fsp3) is 0.167. The lowest BCUT2D eigenvalue weighted by atomic mass is 10.3. The predicted molar refractivity (Wildman–Crippen MR) is 76.3 cm³/mol. The van der Waals surface area contributed by atoms with E-state index in [2.05, 4.69) is 15.9 Å². The van der Waals surface area contributed by atoms with E-state index in [0.29, 0.717) is 11.4 Å². The maximum absolute atomic E-state index is 12.5. The molecule has 1 aromatic heterocycles. The molecular weight excluding hydrogens is 332 g/mol. The van der Waals surface area contributed by atoms with Gasteiger partial charge >= 0.3 is 0 Å². The number of benzene rings is 1. The molecular formula is C12H13BrN2O3S. The summed E-state index contributed by atoms with van der Waals surface area (Å²) in [5, 5.41) is 0. The molecule has 0 atom stereocenters. The normalized spacial score (nSPS) is 11.5. The van der Waals surface area contributed by atoms with Crippen LogP contribution in [0.25, 0.3) is 0 Å². The fourth-order valence-corrected chi connectivity index (χ4v) is 3.75. The number of halogens is 1. The van der Waals surface area contributed by atoms with Crippen LogP contribution in [0.15, 0.2) is 50.4 Å². The molecule has 5 nitrogen and oxygen atoms in total. The number of hydrogen-bond acceptors (Lipinski definition) is 4. The average molecular weight is 345 g/mol. The first-order chi connectivity index (χ1) is 8.96. The van der Waals surface area contributed by atoms with Gasteiger partial charge < -0.3 is 10.2 Å². The Morgan fingerprint density at radius 3 is 2.47 bits per heavy atom. The Labute approximate surface area is 120 Å². The summed E-state index contributed by atoms with van der Waals surface area (Å²) in [6.07, 6.45) is 0. The van der Waals surface area contributed by atoms with E-state index < -0.39 is 10.0 Å². The molecule has 19 heavy (non-hydrogen) atoms. The first-order valence-electron chi connectivity index (χ1n) is 5.49. The Morgan fingerprint density at radius 2 is 1.95 bits per heavy atom. The lowest BCUT2D eigenvalue weighted by Gasteiger charge is -2.18. The van der Waals surface area contributed by atoms with E-state index in [1.807, 2.05) is 6.07 Å². The van der Waals surface area contributed by atoms with Gasteiger partial charge in [0.25, 0.3) is 10.0 Å². The summed E-state index contributed by atoms with van der Waals surface area (Å²) in [6.45, 7) is 0.142. The minimum atomic E-state index is -3.67. The van der Waals surface area contributed by atoms with E-state index in [4.69, 9.17) is 10.2 Å². The molecule has 0 aliphatic heterocycles. The van der Waals surface area contributed by atoms with Crippen molar-refractivity contribution in [1.82, 2.24) is 0 Å². The molecule has 1 heterocycles. The molecule has 7 heteroatoms. The van der Waals surface area contributed by atoms with Crippen molar-refractivity contribution in [3.8, 4) is 0 Å². The molecule has 2 N–H and O–H groups in total. The van der Waals surface area contributed by atoms with Gasteiger partial charge in [-0.25, -0.2) is 8.42 Å². The maximum Gasteiger partial charge on any atom is 0.268 e. The largest absolute Gasteiger partial charge is 0.452 e. The van der Waals surface area contributed by atoms with E-state index in [1.54, 1.807) is 24.3 Å². The van der Waals surface area contributed by atoms with Gasteiger partial charge in [-0.15, -0.1) is 0 Å². The van der Waals surface area contributed by atoms with Crippen molar-refractivity contribution in [1.29, 1.82) is 0 Å². The highest BCUT2D eigenvalue weighted by Gasteiger charge is 2.27. The molecule has 0 aliphatic rings. The highest BCUT2D eigenvalue weighted by molar-refractivity contribution is 9.10. The summed E-state index contributed by atoms with van der Waals surface area (Å²) < 4.78 is 31.5. The zero-order valence-corrected chi connectivity index (χ0v) is 12.6. The van der Waals surface area contributed by atoms with Gasteiger partial charge in [0.2, 0.25) is 0 Å². The van der Waals surface area contributed by atoms with E-state index in [0.717, 1.165) is 0 Å². The van der Waals surface area contributed by atoms with Gasteiger partial charge in [-0.1, -0.05) is 18.2 Å². The average Bonchev–Trinajstić information content (AvgIpc) is 2.81. The van der Waals surface area contributed by atoms with Crippen LogP contribution in [0.2, 0.25) is 0 Å². The molecule has 0 aliphatic carbocycles. The number of rotatable bonds is 4. The molecule has 1 aromatic carbocycles. The molecule has 2 rings (SSSR count). The van der Waals surface area contributed by atoms with Crippen LogP contribution in [0.4, 0.5) is 5.69 Å². The van der Waals surface area contributed by atoms with Crippen LogP contribution in [-0.2, 0) is 16.6 Å². The van der Waals surface area contributed by atoms with Gasteiger partial charge in [0.05, 0.1) is 12.2 Å². The quantitative estimate of drug-likeness (QED) is 0.923. The third kappa shape index (κ3) is 2.68. The van der Waals surface area contributed by atoms with Gasteiger partial charge in [-0.2, -0.15) is 0 Å². The van der Waals surface area contributed by atoms with Crippen molar-refractivity contribution >= 4 is 31.6 Å². The Morgan fingerprint density at radius 1 is 1.32 bits per heavy atom. The highest BCUT2D eigenvalue weighted by atomic mass is 79.9. The number of furan rings is 1. The van der Waals surface area contributed by atoms with E-state index in [1.165, 1.54) is 17.4 Å². The molecule has 0 saturated carbocycles. The molecule has 0 bridgehead atoms. The summed E-state index contributed by atoms with van der Waals surface area (Å²) in [7, 11) is -2.18. The lowest BCUT2D eigenvalue weighted by molar-refractivity contribution is 0.484. The van der Waals surface area contributed by atoms with Gasteiger partial charge in [-0.05, 0) is 28.1 Å². The second-order valence-electron chi connectivity index (χ2n) is 3.86. The second-order valence-corrected chi connectivity index (χ2v) is 6.52. The summed E-state index contributed by atoms with van der Waals surface area (Å²) in [5.41, 5.74) is 6.01. The molecule has 102 valence electrons. The molecule has 0 fully saturated rings. The standard InChI is InChI=1S/C12H13BrN2O3S/c1-15(9-5-3-2-4-6-9)19(16,17)11-7-10(8-14)18-12(11)13/h2-7H,8,14H2,1H3. The van der Waals surface area contributed by atoms with Gasteiger partial charge in [0.1, 0.15) is 10.7 Å². The Hall–Kier alpha value is -1.31. The highest BCUT2D eigenvalue weighted by Crippen LogP contribution is 2.30. The van der Waals surface area contributed by atoms with Crippen LogP contribution in [0, 0.1) is 0 Å². The summed E-state index contributed by atoms with van der Waals surface area (Å²) >= 11 is 3.11. The van der Waals surface area contributed by atoms with Crippen LogP contribution < -0.4 is 10.0 Å². The van der Waals surface area contributed by atoms with Crippen LogP contribution in [0.5, 0.6) is 0 Å². The minimum Gasteiger partial charge on any atom is -0.452 e. The fourth-order valence-electron chi connectivity index (χ4n) is 1.60. The van der Waals surface area contributed by atoms with Crippen LogP contribution in [0.3, 0.4) is 0 Å². The van der Waals surface area contributed by atoms with Crippen LogP contribution >= 0.6 is 15.9 Å². The van der Waals surface area contributed by atoms with E-state index in [9.17, 15) is 8.42 Å². The molecule has 0 amide bonds. The van der Waals surface area contributed by atoms with Crippen molar-refractivity contribution in [2.75, 3.05) is 11.4 Å². The summed E-state index contributed by atoms with van der Waals surface area (Å²) in [4.78, 5) is 0.0688. The number of nitrogens with two attached hydrogens (primary N) is 1. The van der Waals surface area contributed by atoms with Crippen LogP contribution in [-0.4, -0.2) is 15.5 Å². The molecule has 0 spiro atoms. The smallest absolute Gasteiger partial charge is 0.268 e. The van der Waals surface area contributed by atoms with E-state index in [-0.39, 0.29) is 16.1 Å². The van der Waals surface area contributed by atoms with Crippen molar-refractivity contribution < 1.29 is 12.8 Å². The number of hydrogen-bond donors (Lipinski definition) is 1. The SMILES string of the molecule is CN(c1ccccc1)S(=O)(=O)c1cc(CN)oc1Br. The Balaban J connectivity index is 2.45. The Bertz CT molecular complexity index is 668. The van der Waals surface area contributed by atoms with Gasteiger partial charge in [0, 0.05) is 13.1 Å². The zero-order valence-electron chi connectivity index (χ0n) is 10.2. The number of anilines is 1. The third-order valence-electron chi connectivity index (χ3n) is 2.67. The monoisotopic (exact) mass is 344 g/mol. The zero-order chi connectivity index (χ0) is 14.0. The summed E-state index contributed by atoms with van der Waals surface area (Å²) in [6, 6.07) is 10.2. The second kappa shape index (κ2) is 5.36. The van der Waals surface area contributed by atoms with Gasteiger partial charge in [-0.3, -0.25) is 4.31 Å². The number of sulfonamides is 1. The minimum absolute atomic E-state index is 0.0688. The number of nitrogens with zero attached hydrogens (tertiary/aromatic N) is 1. The van der Waals surface area contributed by atoms with E-state index >= 15 is 0 Å². The number of para-hydroxylation sites is 1. The maximum atomic E-state index is 12.5. The topological polar surface area (TPSA) is 76.5 Å². The first-order valence-corrected chi connectivity index (χ1v) is 7.72. The third-order valence-corrected chi connectivity index (χ3v) is 5.31.